The molecule has 0 saturated carbocycles. The minimum absolute atomic E-state index is 0. The zero-order valence-corrected chi connectivity index (χ0v) is 45.0. The van der Waals surface area contributed by atoms with Gasteiger partial charge < -0.3 is 18.8 Å². The van der Waals surface area contributed by atoms with Crippen LogP contribution in [0.2, 0.25) is 0 Å². The summed E-state index contributed by atoms with van der Waals surface area (Å²) < 4.78 is 30.4. The van der Waals surface area contributed by atoms with Crippen molar-refractivity contribution < 1.29 is 28.5 Å². The fourth-order valence-corrected chi connectivity index (χ4v) is 10.5. The molecular formula is C66H58N5OPt-3. The maximum atomic E-state index is 9.57. The summed E-state index contributed by atoms with van der Waals surface area (Å²) in [6, 6.07) is 62.6. The van der Waals surface area contributed by atoms with Gasteiger partial charge in [-0.3, -0.25) is 4.98 Å². The number of ether oxygens (including phenoxy) is 1. The molecule has 0 aliphatic carbocycles. The van der Waals surface area contributed by atoms with Gasteiger partial charge in [-0.1, -0.05) is 189 Å². The van der Waals surface area contributed by atoms with Gasteiger partial charge in [0.2, 0.25) is 0 Å². The summed E-state index contributed by atoms with van der Waals surface area (Å²) in [5, 5.41) is 8.76. The number of anilines is 2. The maximum absolute atomic E-state index is 9.57. The summed E-state index contributed by atoms with van der Waals surface area (Å²) in [4.78, 5) is 12.0. The summed E-state index contributed by atoms with van der Waals surface area (Å²) in [6.07, 6.45) is 2.04. The Kier molecular flexibility index (Phi) is 11.2. The van der Waals surface area contributed by atoms with Crippen LogP contribution in [0.3, 0.4) is 0 Å². The summed E-state index contributed by atoms with van der Waals surface area (Å²) in [7, 11) is 0. The normalized spacial score (nSPS) is 13.4. The first kappa shape index (κ1) is 45.5. The van der Waals surface area contributed by atoms with E-state index in [0.29, 0.717) is 22.9 Å². The minimum atomic E-state index is -1.62. The van der Waals surface area contributed by atoms with Gasteiger partial charge in [-0.2, -0.15) is 18.2 Å². The molecule has 7 aromatic carbocycles. The molecule has 1 aliphatic rings. The number of nitrogens with zero attached hydrogens (tertiary/aromatic N) is 5. The molecular weight excluding hydrogens is 1070 g/mol. The smallest absolute Gasteiger partial charge is 0.135 e. The Hall–Kier alpha value is -7.40. The Morgan fingerprint density at radius 1 is 0.548 bits per heavy atom. The third-order valence-electron chi connectivity index (χ3n) is 13.9. The first-order valence-electron chi connectivity index (χ1n) is 25.9. The summed E-state index contributed by atoms with van der Waals surface area (Å²) in [5.41, 5.74) is 8.71. The van der Waals surface area contributed by atoms with Crippen molar-refractivity contribution in [2.75, 3.05) is 4.90 Å². The molecule has 4 aromatic heterocycles. The number of hydrogen-bond acceptors (Lipinski definition) is 4. The molecule has 12 rings (SSSR count). The van der Waals surface area contributed by atoms with Gasteiger partial charge in [0.25, 0.3) is 0 Å². The molecule has 73 heavy (non-hydrogen) atoms. The first-order valence-corrected chi connectivity index (χ1v) is 24.9. The average molecular weight is 1130 g/mol. The van der Waals surface area contributed by atoms with Gasteiger partial charge in [0.15, 0.2) is 0 Å². The van der Waals surface area contributed by atoms with Crippen molar-refractivity contribution >= 4 is 76.7 Å². The zero-order chi connectivity index (χ0) is 51.5. The van der Waals surface area contributed by atoms with Gasteiger partial charge in [0, 0.05) is 52.8 Å². The molecule has 0 amide bonds. The number of rotatable bonds is 6. The number of benzene rings is 7. The molecule has 0 bridgehead atoms. The van der Waals surface area contributed by atoms with Crippen molar-refractivity contribution in [1.82, 2.24) is 19.1 Å². The molecule has 0 N–H and O–H groups in total. The molecule has 5 heterocycles. The summed E-state index contributed by atoms with van der Waals surface area (Å²) in [6.45, 7) is 21.3. The Labute approximate surface area is 445 Å². The van der Waals surface area contributed by atoms with E-state index in [-0.39, 0.29) is 31.9 Å². The molecule has 0 atom stereocenters. The molecule has 0 radical (unpaired) electrons. The Morgan fingerprint density at radius 2 is 1.15 bits per heavy atom. The topological polar surface area (TPSA) is 48.1 Å². The van der Waals surface area contributed by atoms with E-state index < -0.39 is 11.8 Å². The van der Waals surface area contributed by atoms with Crippen LogP contribution in [-0.2, 0) is 38.3 Å². The standard InChI is InChI=1S/C66H58N5O.Pt/c1-64(2,3)40-42-34-43(36-45(35-42)66(7,8)9)48-23-16-24-55-51-20-12-10-18-49(51)50-19-11-13-21-52(50)56-25-17-27-58-63(56)70(62(48)55)41-69(58)60-39-47(31-33-67-60)72-46-28-29-54-53-22-14-15-26-57(53)71(59(54)38-46)61-37-44(30-32-68-61)65(4,5)6;/h10-37,41H,40H2,1-9H3;/q-3;/i40D2;. The van der Waals surface area contributed by atoms with Crippen molar-refractivity contribution in [3.8, 4) is 28.4 Å². The quantitative estimate of drug-likeness (QED) is 0.156. The van der Waals surface area contributed by atoms with Crippen LogP contribution in [0.15, 0.2) is 170 Å². The van der Waals surface area contributed by atoms with Crippen molar-refractivity contribution in [3.05, 3.63) is 206 Å². The van der Waals surface area contributed by atoms with Crippen LogP contribution < -0.4 is 9.64 Å². The van der Waals surface area contributed by atoms with Gasteiger partial charge in [-0.25, -0.2) is 4.98 Å². The maximum Gasteiger partial charge on any atom is 0.135 e. The van der Waals surface area contributed by atoms with E-state index in [2.05, 4.69) is 220 Å². The Morgan fingerprint density at radius 3 is 1.84 bits per heavy atom. The van der Waals surface area contributed by atoms with Crippen LogP contribution in [0.4, 0.5) is 11.5 Å². The van der Waals surface area contributed by atoms with E-state index in [9.17, 15) is 2.74 Å². The molecule has 0 unspecified atom stereocenters. The largest absolute Gasteiger partial charge is 0.521 e. The second-order valence-electron chi connectivity index (χ2n) is 22.2. The van der Waals surface area contributed by atoms with Gasteiger partial charge >= 0.3 is 0 Å². The van der Waals surface area contributed by atoms with Gasteiger partial charge in [-0.15, -0.1) is 17.5 Å². The molecule has 0 spiro atoms. The van der Waals surface area contributed by atoms with Gasteiger partial charge in [-0.05, 0) is 136 Å². The fourth-order valence-electron chi connectivity index (χ4n) is 10.5. The van der Waals surface area contributed by atoms with E-state index in [1.807, 2.05) is 39.1 Å². The molecule has 11 aromatic rings. The number of pyridine rings is 2. The molecule has 6 nitrogen and oxygen atoms in total. The molecule has 0 saturated heterocycles. The van der Waals surface area contributed by atoms with Gasteiger partial charge in [0.1, 0.15) is 5.82 Å². The second kappa shape index (κ2) is 18.0. The van der Waals surface area contributed by atoms with Crippen LogP contribution in [0.5, 0.6) is 11.5 Å². The number of hydrogen-bond donors (Lipinski definition) is 0. The minimum Gasteiger partial charge on any atom is -0.521 e. The van der Waals surface area contributed by atoms with E-state index in [1.54, 1.807) is 6.20 Å². The predicted molar refractivity (Wildman–Crippen MR) is 300 cm³/mol. The first-order chi connectivity index (χ1) is 35.3. The SMILES string of the molecule is [2H]C([2H])(c1cc(-c2cccc3c4ccccc4c4ccccc4c4cccc5c4n(c23)[CH-]N5c2[c-]c(Oc3[c-]c4c(cc3)c3ccccc3n4-c3cc(C(C)(C)C)ccn3)ccn2)cc(C(C)(C)C)c1)C(C)(C)C.[Pt]. The monoisotopic (exact) mass is 1130 g/mol. The summed E-state index contributed by atoms with van der Waals surface area (Å²) in [5.74, 6) is 2.42. The van der Waals surface area contributed by atoms with E-state index in [4.69, 9.17) is 14.7 Å². The number of para-hydroxylation sites is 3. The molecule has 7 heteroatoms. The number of fused-ring (bicyclic) bond motifs is 10. The summed E-state index contributed by atoms with van der Waals surface area (Å²) >= 11 is 0. The zero-order valence-electron chi connectivity index (χ0n) is 44.7. The molecule has 366 valence electrons. The predicted octanol–water partition coefficient (Wildman–Crippen LogP) is 17.5. The average Bonchev–Trinajstić information content (AvgIpc) is 3.94. The van der Waals surface area contributed by atoms with Crippen molar-refractivity contribution in [1.29, 1.82) is 0 Å². The third kappa shape index (κ3) is 8.60. The Bertz CT molecular complexity index is 4150. The van der Waals surface area contributed by atoms with Crippen molar-refractivity contribution in [2.45, 2.75) is 79.5 Å². The fraction of sp³-hybridized carbons (Fsp3) is 0.197. The van der Waals surface area contributed by atoms with E-state index in [0.717, 1.165) is 93.4 Å². The van der Waals surface area contributed by atoms with Crippen LogP contribution in [0.1, 0.15) is 81.7 Å². The second-order valence-corrected chi connectivity index (χ2v) is 22.2. The van der Waals surface area contributed by atoms with Crippen LogP contribution in [0, 0.1) is 24.2 Å². The van der Waals surface area contributed by atoms with Crippen LogP contribution in [-0.4, -0.2) is 19.1 Å². The van der Waals surface area contributed by atoms with Crippen LogP contribution in [0.25, 0.3) is 82.1 Å². The molecule has 1 aliphatic heterocycles. The van der Waals surface area contributed by atoms with Gasteiger partial charge in [0.05, 0.1) is 0 Å². The Balaban J connectivity index is 0.00000602. The number of aromatic nitrogens is 4. The van der Waals surface area contributed by atoms with Crippen molar-refractivity contribution in [2.24, 2.45) is 5.41 Å². The van der Waals surface area contributed by atoms with Crippen LogP contribution >= 0.6 is 0 Å². The molecule has 0 fully saturated rings. The third-order valence-corrected chi connectivity index (χ3v) is 13.9. The van der Waals surface area contributed by atoms with E-state index in [1.165, 1.54) is 5.56 Å². The van der Waals surface area contributed by atoms with E-state index >= 15 is 0 Å². The van der Waals surface area contributed by atoms with Crippen molar-refractivity contribution in [3.63, 3.8) is 0 Å².